The van der Waals surface area contributed by atoms with Crippen molar-refractivity contribution in [2.75, 3.05) is 24.7 Å². The fraction of sp³-hybridized carbons (Fsp3) is 0.250. The van der Waals surface area contributed by atoms with Crippen molar-refractivity contribution in [3.05, 3.63) is 59.1 Å². The molecule has 0 aliphatic heterocycles. The highest BCUT2D eigenvalue weighted by atomic mass is 32.2. The average Bonchev–Trinajstić information content (AvgIpc) is 3.06. The minimum Gasteiger partial charge on any atom is -0.336 e. The highest BCUT2D eigenvalue weighted by Gasteiger charge is 2.14. The maximum atomic E-state index is 12.2. The molecule has 3 rings (SSSR count). The van der Waals surface area contributed by atoms with Crippen LogP contribution < -0.4 is 5.32 Å². The summed E-state index contributed by atoms with van der Waals surface area (Å²) in [6, 6.07) is 15.6. The van der Waals surface area contributed by atoms with Gasteiger partial charge in [0.15, 0.2) is 0 Å². The number of carbonyl (C=O) groups is 2. The van der Waals surface area contributed by atoms with Crippen LogP contribution in [0.3, 0.4) is 0 Å². The molecule has 0 saturated heterocycles. The number of fused-ring (bicyclic) bond motifs is 1. The Labute approximate surface area is 166 Å². The monoisotopic (exact) mass is 399 g/mol. The van der Waals surface area contributed by atoms with E-state index in [1.54, 1.807) is 18.4 Å². The maximum absolute atomic E-state index is 12.2. The smallest absolute Gasteiger partial charge is 0.243 e. The topological polar surface area (TPSA) is 62.3 Å². The molecule has 5 nitrogen and oxygen atoms in total. The summed E-state index contributed by atoms with van der Waals surface area (Å²) in [6.07, 6.45) is 0. The van der Waals surface area contributed by atoms with Gasteiger partial charge in [-0.2, -0.15) is 0 Å². The van der Waals surface area contributed by atoms with Gasteiger partial charge in [0.25, 0.3) is 0 Å². The number of thiazole rings is 1. The van der Waals surface area contributed by atoms with E-state index in [0.29, 0.717) is 11.5 Å². The zero-order valence-electron chi connectivity index (χ0n) is 15.3. The van der Waals surface area contributed by atoms with Crippen LogP contribution in [-0.4, -0.2) is 41.0 Å². The minimum absolute atomic E-state index is 0.0361. The number of para-hydroxylation sites is 1. The molecule has 0 fully saturated rings. The molecule has 0 radical (unpaired) electrons. The van der Waals surface area contributed by atoms with Crippen LogP contribution in [0.2, 0.25) is 0 Å². The number of likely N-dealkylation sites (N-methyl/N-ethyl adjacent to an activating group) is 1. The number of nitrogens with one attached hydrogen (secondary N) is 1. The normalized spacial score (nSPS) is 10.7. The first-order valence-electron chi connectivity index (χ1n) is 8.54. The van der Waals surface area contributed by atoms with E-state index in [1.165, 1.54) is 16.7 Å². The number of anilines is 1. The number of benzene rings is 2. The highest BCUT2D eigenvalue weighted by molar-refractivity contribution is 7.99. The van der Waals surface area contributed by atoms with Crippen molar-refractivity contribution in [1.29, 1.82) is 0 Å². The van der Waals surface area contributed by atoms with Gasteiger partial charge in [0.05, 0.1) is 22.5 Å². The summed E-state index contributed by atoms with van der Waals surface area (Å²) in [5, 5.41) is 3.81. The first-order valence-corrected chi connectivity index (χ1v) is 10.5. The molecular weight excluding hydrogens is 378 g/mol. The molecule has 0 spiro atoms. The Morgan fingerprint density at radius 1 is 1.15 bits per heavy atom. The van der Waals surface area contributed by atoms with Crippen LogP contribution in [0.4, 0.5) is 5.69 Å². The molecule has 0 aliphatic rings. The number of aromatic nitrogens is 1. The molecule has 0 unspecified atom stereocenters. The lowest BCUT2D eigenvalue weighted by atomic mass is 10.2. The molecule has 7 heteroatoms. The third kappa shape index (κ3) is 5.55. The predicted molar refractivity (Wildman–Crippen MR) is 113 cm³/mol. The van der Waals surface area contributed by atoms with Crippen molar-refractivity contribution in [3.8, 4) is 0 Å². The molecule has 27 heavy (non-hydrogen) atoms. The number of amides is 2. The van der Waals surface area contributed by atoms with Gasteiger partial charge in [-0.1, -0.05) is 29.8 Å². The molecule has 2 aromatic carbocycles. The standard InChI is InChI=1S/C20H21N3O2S2/c1-14-7-9-15(10-8-14)21-18(24)11-23(2)20(25)13-26-12-19-22-16-5-3-4-6-17(16)27-19/h3-10H,11-13H2,1-2H3,(H,21,24). The molecule has 0 aliphatic carbocycles. The summed E-state index contributed by atoms with van der Waals surface area (Å²) in [6.45, 7) is 2.03. The van der Waals surface area contributed by atoms with Crippen molar-refractivity contribution in [2.24, 2.45) is 0 Å². The van der Waals surface area contributed by atoms with Crippen LogP contribution >= 0.6 is 23.1 Å². The van der Waals surface area contributed by atoms with E-state index in [-0.39, 0.29) is 18.4 Å². The van der Waals surface area contributed by atoms with E-state index in [4.69, 9.17) is 0 Å². The zero-order valence-corrected chi connectivity index (χ0v) is 16.9. The summed E-state index contributed by atoms with van der Waals surface area (Å²) in [4.78, 5) is 30.4. The van der Waals surface area contributed by atoms with Crippen molar-refractivity contribution in [2.45, 2.75) is 12.7 Å². The Hall–Kier alpha value is -2.38. The number of nitrogens with zero attached hydrogens (tertiary/aromatic N) is 2. The zero-order chi connectivity index (χ0) is 19.2. The second-order valence-electron chi connectivity index (χ2n) is 6.23. The quantitative estimate of drug-likeness (QED) is 0.654. The van der Waals surface area contributed by atoms with Crippen LogP contribution in [0.25, 0.3) is 10.2 Å². The largest absolute Gasteiger partial charge is 0.336 e. The van der Waals surface area contributed by atoms with Crippen LogP contribution in [0.15, 0.2) is 48.5 Å². The number of rotatable bonds is 7. The van der Waals surface area contributed by atoms with Crippen LogP contribution in [0, 0.1) is 6.92 Å². The number of thioether (sulfide) groups is 1. The summed E-state index contributed by atoms with van der Waals surface area (Å²) in [5.41, 5.74) is 2.86. The molecule has 0 atom stereocenters. The van der Waals surface area contributed by atoms with E-state index in [9.17, 15) is 9.59 Å². The number of hydrogen-bond acceptors (Lipinski definition) is 5. The molecule has 3 aromatic rings. The molecule has 1 N–H and O–H groups in total. The van der Waals surface area contributed by atoms with Gasteiger partial charge < -0.3 is 10.2 Å². The van der Waals surface area contributed by atoms with Gasteiger partial charge in [-0.25, -0.2) is 4.98 Å². The summed E-state index contributed by atoms with van der Waals surface area (Å²) >= 11 is 3.16. The van der Waals surface area contributed by atoms with Crippen molar-refractivity contribution < 1.29 is 9.59 Å². The lowest BCUT2D eigenvalue weighted by Crippen LogP contribution is -2.35. The van der Waals surface area contributed by atoms with E-state index < -0.39 is 0 Å². The van der Waals surface area contributed by atoms with E-state index >= 15 is 0 Å². The van der Waals surface area contributed by atoms with Crippen LogP contribution in [0.1, 0.15) is 10.6 Å². The van der Waals surface area contributed by atoms with Gasteiger partial charge >= 0.3 is 0 Å². The second-order valence-corrected chi connectivity index (χ2v) is 8.33. The SMILES string of the molecule is Cc1ccc(NC(=O)CN(C)C(=O)CSCc2nc3ccccc3s2)cc1. The first kappa shape index (κ1) is 19.4. The van der Waals surface area contributed by atoms with Gasteiger partial charge in [0, 0.05) is 18.5 Å². The van der Waals surface area contributed by atoms with E-state index in [2.05, 4.69) is 10.3 Å². The third-order valence-corrected chi connectivity index (χ3v) is 6.08. The third-order valence-electron chi connectivity index (χ3n) is 3.93. The Kier molecular flexibility index (Phi) is 6.47. The molecule has 1 aromatic heterocycles. The van der Waals surface area contributed by atoms with E-state index in [0.717, 1.165) is 26.5 Å². The van der Waals surface area contributed by atoms with Gasteiger partial charge in [-0.3, -0.25) is 9.59 Å². The average molecular weight is 400 g/mol. The Morgan fingerprint density at radius 3 is 2.63 bits per heavy atom. The lowest BCUT2D eigenvalue weighted by molar-refractivity contribution is -0.131. The first-order chi connectivity index (χ1) is 13.0. The minimum atomic E-state index is -0.203. The fourth-order valence-electron chi connectivity index (χ4n) is 2.46. The Bertz CT molecular complexity index is 905. The van der Waals surface area contributed by atoms with E-state index in [1.807, 2.05) is 55.5 Å². The van der Waals surface area contributed by atoms with Gasteiger partial charge in [0.1, 0.15) is 5.01 Å². The Balaban J connectivity index is 1.43. The van der Waals surface area contributed by atoms with Crippen LogP contribution in [0.5, 0.6) is 0 Å². The molecule has 0 bridgehead atoms. The fourth-order valence-corrected chi connectivity index (χ4v) is 4.44. The number of aryl methyl sites for hydroxylation is 1. The lowest BCUT2D eigenvalue weighted by Gasteiger charge is -2.16. The summed E-state index contributed by atoms with van der Waals surface area (Å²) in [5.74, 6) is 0.740. The maximum Gasteiger partial charge on any atom is 0.243 e. The number of carbonyl (C=O) groups excluding carboxylic acids is 2. The second kappa shape index (κ2) is 9.01. The Morgan fingerprint density at radius 2 is 1.89 bits per heavy atom. The number of hydrogen-bond donors (Lipinski definition) is 1. The highest BCUT2D eigenvalue weighted by Crippen LogP contribution is 2.24. The molecule has 140 valence electrons. The molecule has 0 saturated carbocycles. The van der Waals surface area contributed by atoms with Crippen molar-refractivity contribution in [3.63, 3.8) is 0 Å². The van der Waals surface area contributed by atoms with Crippen molar-refractivity contribution >= 4 is 50.8 Å². The van der Waals surface area contributed by atoms with Crippen LogP contribution in [-0.2, 0) is 15.3 Å². The molecule has 2 amide bonds. The summed E-state index contributed by atoms with van der Waals surface area (Å²) in [7, 11) is 1.65. The van der Waals surface area contributed by atoms with Gasteiger partial charge in [-0.05, 0) is 31.2 Å². The van der Waals surface area contributed by atoms with Crippen molar-refractivity contribution in [1.82, 2.24) is 9.88 Å². The molecule has 1 heterocycles. The summed E-state index contributed by atoms with van der Waals surface area (Å²) < 4.78 is 1.16. The molecular formula is C20H21N3O2S2. The van der Waals surface area contributed by atoms with Gasteiger partial charge in [0.2, 0.25) is 11.8 Å². The van der Waals surface area contributed by atoms with Gasteiger partial charge in [-0.15, -0.1) is 23.1 Å². The predicted octanol–water partition coefficient (Wildman–Crippen LogP) is 3.94.